The van der Waals surface area contributed by atoms with Crippen molar-refractivity contribution in [2.75, 3.05) is 11.4 Å². The van der Waals surface area contributed by atoms with Crippen molar-refractivity contribution in [2.24, 2.45) is 9.98 Å². The van der Waals surface area contributed by atoms with Crippen LogP contribution in [0.4, 0.5) is 15.8 Å². The van der Waals surface area contributed by atoms with Gasteiger partial charge in [-0.25, -0.2) is 4.39 Å². The van der Waals surface area contributed by atoms with Crippen LogP contribution in [0.3, 0.4) is 0 Å². The summed E-state index contributed by atoms with van der Waals surface area (Å²) in [6.45, 7) is 6.43. The van der Waals surface area contributed by atoms with E-state index in [4.69, 9.17) is 11.6 Å². The molecular weight excluding hydrogens is 491 g/mol. The Morgan fingerprint density at radius 1 is 1.08 bits per heavy atom. The van der Waals surface area contributed by atoms with Crippen molar-refractivity contribution in [3.63, 3.8) is 0 Å². The van der Waals surface area contributed by atoms with Crippen LogP contribution in [0, 0.1) is 5.82 Å². The topological polar surface area (TPSA) is 48.8 Å². The second-order valence-electron chi connectivity index (χ2n) is 8.92. The van der Waals surface area contributed by atoms with Crippen LogP contribution >= 0.6 is 23.5 Å². The van der Waals surface area contributed by atoms with E-state index in [1.807, 2.05) is 42.6 Å². The number of hydrogen-bond acceptors (Lipinski definition) is 5. The van der Waals surface area contributed by atoms with E-state index in [2.05, 4.69) is 39.7 Å². The first-order chi connectivity index (χ1) is 17.6. The molecule has 0 aliphatic heterocycles. The number of nitrogens with one attached hydrogen (secondary N) is 2. The van der Waals surface area contributed by atoms with Crippen molar-refractivity contribution in [1.82, 2.24) is 5.32 Å². The normalized spacial score (nSPS) is 14.3. The molecule has 1 saturated carbocycles. The van der Waals surface area contributed by atoms with Gasteiger partial charge in [0.05, 0.1) is 23.1 Å². The lowest BCUT2D eigenvalue weighted by Crippen LogP contribution is -2.31. The van der Waals surface area contributed by atoms with E-state index in [1.54, 1.807) is 12.1 Å². The molecule has 3 aromatic rings. The van der Waals surface area contributed by atoms with Crippen LogP contribution in [0.5, 0.6) is 0 Å². The quantitative estimate of drug-likeness (QED) is 0.207. The molecule has 0 spiro atoms. The third-order valence-corrected chi connectivity index (χ3v) is 7.81. The number of benzene rings is 3. The van der Waals surface area contributed by atoms with Gasteiger partial charge in [-0.15, -0.1) is 0 Å². The van der Waals surface area contributed by atoms with E-state index < -0.39 is 0 Å². The van der Waals surface area contributed by atoms with Crippen molar-refractivity contribution < 1.29 is 4.39 Å². The van der Waals surface area contributed by atoms with Gasteiger partial charge in [0.25, 0.3) is 0 Å². The molecule has 2 N–H and O–H groups in total. The van der Waals surface area contributed by atoms with Crippen molar-refractivity contribution in [3.8, 4) is 11.1 Å². The van der Waals surface area contributed by atoms with Crippen LogP contribution < -0.4 is 10.0 Å². The third-order valence-electron chi connectivity index (χ3n) is 6.47. The van der Waals surface area contributed by atoms with Gasteiger partial charge in [0.15, 0.2) is 0 Å². The van der Waals surface area contributed by atoms with Crippen molar-refractivity contribution >= 4 is 47.9 Å². The van der Waals surface area contributed by atoms with Crippen LogP contribution in [0.15, 0.2) is 69.5 Å². The standard InChI is InChI=1S/C29H32ClFN4S/c1-3-20-15-22(16-23(29(20)32-2)18-33-19-34-24-9-5-4-6-10-24)21-13-14-27(26(31)17-21)35-36-28-12-8-7-11-25(28)30/h7-8,11-18,24,34-35H,2-6,9-10,19H2,1H3/b33-18-. The maximum Gasteiger partial charge on any atom is 0.147 e. The van der Waals surface area contributed by atoms with Gasteiger partial charge in [-0.3, -0.25) is 15.3 Å². The van der Waals surface area contributed by atoms with E-state index in [1.165, 1.54) is 44.1 Å². The van der Waals surface area contributed by atoms with Gasteiger partial charge in [0, 0.05) is 22.7 Å². The fourth-order valence-corrected chi connectivity index (χ4v) is 5.44. The van der Waals surface area contributed by atoms with Crippen LogP contribution in [-0.2, 0) is 6.42 Å². The molecule has 4 rings (SSSR count). The minimum Gasteiger partial charge on any atom is -0.323 e. The number of aryl methyl sites for hydroxylation is 1. The lowest BCUT2D eigenvalue weighted by atomic mass is 9.96. The van der Waals surface area contributed by atoms with Gasteiger partial charge < -0.3 is 4.72 Å². The molecule has 0 unspecified atom stereocenters. The lowest BCUT2D eigenvalue weighted by Gasteiger charge is -2.21. The van der Waals surface area contributed by atoms with Crippen LogP contribution in [0.25, 0.3) is 11.1 Å². The first-order valence-electron chi connectivity index (χ1n) is 12.4. The van der Waals surface area contributed by atoms with Crippen molar-refractivity contribution in [3.05, 3.63) is 76.6 Å². The average Bonchev–Trinajstić information content (AvgIpc) is 2.91. The lowest BCUT2D eigenvalue weighted by molar-refractivity contribution is 0.378. The molecule has 0 amide bonds. The molecule has 1 aliphatic rings. The highest BCUT2D eigenvalue weighted by atomic mass is 35.5. The highest BCUT2D eigenvalue weighted by Gasteiger charge is 2.13. The Balaban J connectivity index is 1.52. The fourth-order valence-electron chi connectivity index (χ4n) is 4.49. The summed E-state index contributed by atoms with van der Waals surface area (Å²) in [7, 11) is 0. The molecule has 0 radical (unpaired) electrons. The second-order valence-corrected chi connectivity index (χ2v) is 10.2. The molecular formula is C29H32ClFN4S. The first-order valence-corrected chi connectivity index (χ1v) is 13.6. The van der Waals surface area contributed by atoms with Crippen LogP contribution in [0.1, 0.15) is 50.2 Å². The predicted octanol–water partition coefficient (Wildman–Crippen LogP) is 8.46. The molecule has 4 nitrogen and oxygen atoms in total. The Labute approximate surface area is 222 Å². The number of halogens is 2. The van der Waals surface area contributed by atoms with E-state index >= 15 is 4.39 Å². The molecule has 188 valence electrons. The zero-order chi connectivity index (χ0) is 25.3. The number of rotatable bonds is 10. The smallest absolute Gasteiger partial charge is 0.147 e. The molecule has 7 heteroatoms. The largest absolute Gasteiger partial charge is 0.323 e. The summed E-state index contributed by atoms with van der Waals surface area (Å²) in [5.74, 6) is -0.331. The van der Waals surface area contributed by atoms with E-state index in [9.17, 15) is 0 Å². The fraction of sp³-hybridized carbons (Fsp3) is 0.310. The van der Waals surface area contributed by atoms with E-state index in [0.29, 0.717) is 23.4 Å². The molecule has 1 fully saturated rings. The van der Waals surface area contributed by atoms with E-state index in [-0.39, 0.29) is 5.82 Å². The van der Waals surface area contributed by atoms with Crippen molar-refractivity contribution in [2.45, 2.75) is 56.4 Å². The Morgan fingerprint density at radius 3 is 2.61 bits per heavy atom. The van der Waals surface area contributed by atoms with Gasteiger partial charge in [-0.1, -0.05) is 56.0 Å². The van der Waals surface area contributed by atoms with Gasteiger partial charge >= 0.3 is 0 Å². The Kier molecular flexibility index (Phi) is 9.56. The van der Waals surface area contributed by atoms with Gasteiger partial charge in [0.2, 0.25) is 0 Å². The Hall–Kier alpha value is -2.67. The zero-order valence-corrected chi connectivity index (χ0v) is 22.1. The highest BCUT2D eigenvalue weighted by molar-refractivity contribution is 8.00. The predicted molar refractivity (Wildman–Crippen MR) is 154 cm³/mol. The summed E-state index contributed by atoms with van der Waals surface area (Å²) in [4.78, 5) is 9.74. The first kappa shape index (κ1) is 26.4. The molecule has 0 aromatic heterocycles. The summed E-state index contributed by atoms with van der Waals surface area (Å²) < 4.78 is 18.1. The minimum atomic E-state index is -0.331. The summed E-state index contributed by atoms with van der Waals surface area (Å²) in [5.41, 5.74) is 4.89. The highest BCUT2D eigenvalue weighted by Crippen LogP contribution is 2.34. The van der Waals surface area contributed by atoms with Gasteiger partial charge in [-0.2, -0.15) is 0 Å². The zero-order valence-electron chi connectivity index (χ0n) is 20.6. The van der Waals surface area contributed by atoms with E-state index in [0.717, 1.165) is 39.3 Å². The number of aliphatic imine (C=N–C) groups is 2. The second kappa shape index (κ2) is 13.0. The summed E-state index contributed by atoms with van der Waals surface area (Å²) >= 11 is 7.49. The van der Waals surface area contributed by atoms with Crippen LogP contribution in [0.2, 0.25) is 5.02 Å². The van der Waals surface area contributed by atoms with Gasteiger partial charge in [0.1, 0.15) is 5.82 Å². The molecule has 0 atom stereocenters. The Bertz CT molecular complexity index is 1220. The van der Waals surface area contributed by atoms with Crippen LogP contribution in [-0.4, -0.2) is 25.6 Å². The summed E-state index contributed by atoms with van der Waals surface area (Å²) in [6, 6.07) is 17.3. The SMILES string of the molecule is C=Nc1c(/C=N\CNC2CCCCC2)cc(-c2ccc(NSc3ccccc3Cl)c(F)c2)cc1CC. The summed E-state index contributed by atoms with van der Waals surface area (Å²) in [5, 5.41) is 4.16. The minimum absolute atomic E-state index is 0.331. The molecule has 3 aromatic carbocycles. The third kappa shape index (κ3) is 6.75. The average molecular weight is 523 g/mol. The number of anilines is 1. The Morgan fingerprint density at radius 2 is 1.89 bits per heavy atom. The molecule has 0 bridgehead atoms. The molecule has 1 aliphatic carbocycles. The number of nitrogens with zero attached hydrogens (tertiary/aromatic N) is 2. The van der Waals surface area contributed by atoms with Gasteiger partial charge in [-0.05, 0) is 91.0 Å². The van der Waals surface area contributed by atoms with Crippen molar-refractivity contribution in [1.29, 1.82) is 0 Å². The summed E-state index contributed by atoms with van der Waals surface area (Å²) in [6.07, 6.45) is 9.00. The number of hydrogen-bond donors (Lipinski definition) is 2. The maximum absolute atomic E-state index is 15.0. The molecule has 36 heavy (non-hydrogen) atoms. The molecule has 0 saturated heterocycles. The monoisotopic (exact) mass is 522 g/mol. The molecule has 0 heterocycles. The maximum atomic E-state index is 15.0.